The minimum atomic E-state index is -2.36. The van der Waals surface area contributed by atoms with Crippen LogP contribution in [0.2, 0.25) is 0 Å². The summed E-state index contributed by atoms with van der Waals surface area (Å²) in [5.74, 6) is 0.0740. The van der Waals surface area contributed by atoms with Gasteiger partial charge in [0.15, 0.2) is 0 Å². The predicted molar refractivity (Wildman–Crippen MR) is 55.9 cm³/mol. The van der Waals surface area contributed by atoms with Gasteiger partial charge in [0.05, 0.1) is 0 Å². The van der Waals surface area contributed by atoms with E-state index in [9.17, 15) is 8.78 Å². The number of alkyl halides is 2. The van der Waals surface area contributed by atoms with E-state index in [4.69, 9.17) is 0 Å². The predicted octanol–water partition coefficient (Wildman–Crippen LogP) is 2.78. The van der Waals surface area contributed by atoms with Gasteiger partial charge in [0.2, 0.25) is 0 Å². The van der Waals surface area contributed by atoms with Crippen LogP contribution in [0.1, 0.15) is 18.4 Å². The molecule has 1 aromatic rings. The van der Waals surface area contributed by atoms with E-state index in [0.717, 1.165) is 12.8 Å². The van der Waals surface area contributed by atoms with Crippen molar-refractivity contribution in [3.8, 4) is 0 Å². The lowest BCUT2D eigenvalue weighted by Crippen LogP contribution is -2.48. The van der Waals surface area contributed by atoms with Gasteiger partial charge in [-0.3, -0.25) is 0 Å². The van der Waals surface area contributed by atoms with E-state index in [-0.39, 0.29) is 5.92 Å². The van der Waals surface area contributed by atoms with Crippen molar-refractivity contribution < 1.29 is 8.78 Å². The van der Waals surface area contributed by atoms with Crippen molar-refractivity contribution in [1.82, 2.24) is 5.32 Å². The first-order valence-corrected chi connectivity index (χ1v) is 5.24. The fourth-order valence-corrected chi connectivity index (χ4v) is 2.25. The highest BCUT2D eigenvalue weighted by molar-refractivity contribution is 5.28. The molecule has 1 unspecified atom stereocenters. The molecule has 1 saturated carbocycles. The highest BCUT2D eigenvalue weighted by atomic mass is 19.3. The van der Waals surface area contributed by atoms with E-state index in [1.807, 2.05) is 18.2 Å². The molecule has 82 valence electrons. The maximum atomic E-state index is 13.3. The van der Waals surface area contributed by atoms with Crippen LogP contribution in [0, 0.1) is 5.92 Å². The molecule has 0 heterocycles. The van der Waals surface area contributed by atoms with Crippen LogP contribution < -0.4 is 5.32 Å². The van der Waals surface area contributed by atoms with Crippen LogP contribution in [-0.4, -0.2) is 13.5 Å². The molecule has 0 amide bonds. The van der Waals surface area contributed by atoms with Crippen LogP contribution >= 0.6 is 0 Å². The van der Waals surface area contributed by atoms with Crippen LogP contribution in [0.15, 0.2) is 30.3 Å². The standard InChI is InChI=1S/C12H15F2N/c1-15-12(11(13)14,10-7-8-10)9-5-3-2-4-6-9/h2-6,10-11,15H,7-8H2,1H3. The van der Waals surface area contributed by atoms with Gasteiger partial charge in [-0.15, -0.1) is 0 Å². The third kappa shape index (κ3) is 1.65. The minimum absolute atomic E-state index is 0.0740. The summed E-state index contributed by atoms with van der Waals surface area (Å²) in [6, 6.07) is 9.03. The second-order valence-corrected chi connectivity index (χ2v) is 4.06. The molecule has 1 aliphatic rings. The van der Waals surface area contributed by atoms with E-state index < -0.39 is 12.0 Å². The number of hydrogen-bond acceptors (Lipinski definition) is 1. The molecule has 1 aliphatic carbocycles. The van der Waals surface area contributed by atoms with Gasteiger partial charge < -0.3 is 5.32 Å². The van der Waals surface area contributed by atoms with Gasteiger partial charge in [-0.25, -0.2) is 8.78 Å². The third-order valence-electron chi connectivity index (χ3n) is 3.23. The van der Waals surface area contributed by atoms with Crippen molar-refractivity contribution in [2.75, 3.05) is 7.05 Å². The van der Waals surface area contributed by atoms with E-state index >= 15 is 0 Å². The Kier molecular flexibility index (Phi) is 2.74. The van der Waals surface area contributed by atoms with Gasteiger partial charge in [-0.05, 0) is 31.4 Å². The second kappa shape index (κ2) is 3.89. The lowest BCUT2D eigenvalue weighted by Gasteiger charge is -2.33. The Hall–Kier alpha value is -0.960. The van der Waals surface area contributed by atoms with Crippen molar-refractivity contribution >= 4 is 0 Å². The molecule has 0 radical (unpaired) electrons. The van der Waals surface area contributed by atoms with E-state index in [0.29, 0.717) is 5.56 Å². The van der Waals surface area contributed by atoms with Gasteiger partial charge in [-0.2, -0.15) is 0 Å². The summed E-state index contributed by atoms with van der Waals surface area (Å²) in [5, 5.41) is 2.84. The molecule has 0 bridgehead atoms. The van der Waals surface area contributed by atoms with Crippen molar-refractivity contribution in [2.45, 2.75) is 24.8 Å². The van der Waals surface area contributed by atoms with Crippen LogP contribution in [0.3, 0.4) is 0 Å². The average molecular weight is 211 g/mol. The summed E-state index contributed by atoms with van der Waals surface area (Å²) >= 11 is 0. The molecule has 2 rings (SSSR count). The maximum Gasteiger partial charge on any atom is 0.260 e. The summed E-state index contributed by atoms with van der Waals surface area (Å²) in [7, 11) is 1.62. The SMILES string of the molecule is CNC(c1ccccc1)(C(F)F)C1CC1. The quantitative estimate of drug-likeness (QED) is 0.807. The number of halogens is 2. The summed E-state index contributed by atoms with van der Waals surface area (Å²) in [6.07, 6.45) is -0.586. The number of benzene rings is 1. The van der Waals surface area contributed by atoms with Crippen LogP contribution in [0.4, 0.5) is 8.78 Å². The molecule has 1 fully saturated rings. The molecule has 1 aromatic carbocycles. The molecule has 1 atom stereocenters. The molecule has 0 saturated heterocycles. The summed E-state index contributed by atoms with van der Waals surface area (Å²) in [5.41, 5.74) is -0.439. The molecule has 1 N–H and O–H groups in total. The lowest BCUT2D eigenvalue weighted by molar-refractivity contribution is 0.0175. The Morgan fingerprint density at radius 1 is 1.27 bits per heavy atom. The van der Waals surface area contributed by atoms with E-state index in [1.165, 1.54) is 0 Å². The van der Waals surface area contributed by atoms with Gasteiger partial charge in [-0.1, -0.05) is 30.3 Å². The monoisotopic (exact) mass is 211 g/mol. The molecule has 0 aliphatic heterocycles. The Labute approximate surface area is 88.5 Å². The molecule has 15 heavy (non-hydrogen) atoms. The van der Waals surface area contributed by atoms with Crippen LogP contribution in [0.25, 0.3) is 0 Å². The molecule has 3 heteroatoms. The zero-order chi connectivity index (χ0) is 10.9. The van der Waals surface area contributed by atoms with E-state index in [2.05, 4.69) is 5.32 Å². The number of hydrogen-bond donors (Lipinski definition) is 1. The Balaban J connectivity index is 2.41. The highest BCUT2D eigenvalue weighted by Gasteiger charge is 2.51. The fourth-order valence-electron chi connectivity index (χ4n) is 2.25. The third-order valence-corrected chi connectivity index (χ3v) is 3.23. The maximum absolute atomic E-state index is 13.3. The zero-order valence-electron chi connectivity index (χ0n) is 8.71. The molecule has 0 spiro atoms. The fraction of sp³-hybridized carbons (Fsp3) is 0.500. The Bertz CT molecular complexity index is 318. The largest absolute Gasteiger partial charge is 0.306 e. The van der Waals surface area contributed by atoms with Gasteiger partial charge >= 0.3 is 0 Å². The molecular formula is C12H15F2N. The van der Waals surface area contributed by atoms with E-state index in [1.54, 1.807) is 19.2 Å². The lowest BCUT2D eigenvalue weighted by atomic mass is 9.85. The van der Waals surface area contributed by atoms with Crippen LogP contribution in [-0.2, 0) is 5.54 Å². The molecule has 0 aromatic heterocycles. The van der Waals surface area contributed by atoms with Gasteiger partial charge in [0, 0.05) is 0 Å². The topological polar surface area (TPSA) is 12.0 Å². The second-order valence-electron chi connectivity index (χ2n) is 4.06. The van der Waals surface area contributed by atoms with Gasteiger partial charge in [0.1, 0.15) is 5.54 Å². The minimum Gasteiger partial charge on any atom is -0.306 e. The number of nitrogens with one attached hydrogen (secondary N) is 1. The first kappa shape index (κ1) is 10.6. The Morgan fingerprint density at radius 2 is 1.87 bits per heavy atom. The summed E-state index contributed by atoms with van der Waals surface area (Å²) in [6.45, 7) is 0. The molecule has 1 nitrogen and oxygen atoms in total. The van der Waals surface area contributed by atoms with Crippen LogP contribution in [0.5, 0.6) is 0 Å². The normalized spacial score (nSPS) is 20.3. The number of rotatable bonds is 4. The first-order chi connectivity index (χ1) is 7.21. The zero-order valence-corrected chi connectivity index (χ0v) is 8.71. The average Bonchev–Trinajstić information content (AvgIpc) is 3.05. The van der Waals surface area contributed by atoms with Crippen molar-refractivity contribution in [3.63, 3.8) is 0 Å². The summed E-state index contributed by atoms with van der Waals surface area (Å²) < 4.78 is 26.5. The van der Waals surface area contributed by atoms with Crippen molar-refractivity contribution in [1.29, 1.82) is 0 Å². The molecular weight excluding hydrogens is 196 g/mol. The smallest absolute Gasteiger partial charge is 0.260 e. The Morgan fingerprint density at radius 3 is 2.27 bits per heavy atom. The van der Waals surface area contributed by atoms with Crippen molar-refractivity contribution in [3.05, 3.63) is 35.9 Å². The summed E-state index contributed by atoms with van der Waals surface area (Å²) in [4.78, 5) is 0. The van der Waals surface area contributed by atoms with Gasteiger partial charge in [0.25, 0.3) is 6.43 Å². The first-order valence-electron chi connectivity index (χ1n) is 5.24. The van der Waals surface area contributed by atoms with Crippen molar-refractivity contribution in [2.24, 2.45) is 5.92 Å². The highest BCUT2D eigenvalue weighted by Crippen LogP contribution is 2.48.